The Labute approximate surface area is 162 Å². The zero-order valence-electron chi connectivity index (χ0n) is 15.5. The number of piperidine rings is 1. The Morgan fingerprint density at radius 3 is 2.50 bits per heavy atom. The molecule has 28 heavy (non-hydrogen) atoms. The third kappa shape index (κ3) is 5.52. The van der Waals surface area contributed by atoms with E-state index < -0.39 is 11.6 Å². The number of likely N-dealkylation sites (tertiary alicyclic amines) is 1. The van der Waals surface area contributed by atoms with Crippen LogP contribution in [0.25, 0.3) is 0 Å². The predicted octanol–water partition coefficient (Wildman–Crippen LogP) is 3.57. The summed E-state index contributed by atoms with van der Waals surface area (Å²) in [4.78, 5) is 26.5. The van der Waals surface area contributed by atoms with Crippen molar-refractivity contribution in [3.63, 3.8) is 0 Å². The third-order valence-corrected chi connectivity index (χ3v) is 4.74. The lowest BCUT2D eigenvalue weighted by molar-refractivity contribution is -0.126. The second-order valence-corrected chi connectivity index (χ2v) is 6.90. The van der Waals surface area contributed by atoms with Gasteiger partial charge in [0, 0.05) is 31.4 Å². The highest BCUT2D eigenvalue weighted by Crippen LogP contribution is 2.18. The quantitative estimate of drug-likeness (QED) is 0.824. The minimum atomic E-state index is -0.631. The van der Waals surface area contributed by atoms with Gasteiger partial charge < -0.3 is 15.5 Å². The number of rotatable bonds is 5. The van der Waals surface area contributed by atoms with Gasteiger partial charge in [0.2, 0.25) is 5.91 Å². The predicted molar refractivity (Wildman–Crippen MR) is 103 cm³/mol. The first-order chi connectivity index (χ1) is 13.5. The van der Waals surface area contributed by atoms with Crippen molar-refractivity contribution >= 4 is 17.6 Å². The molecular weight excluding hydrogens is 364 g/mol. The van der Waals surface area contributed by atoms with Gasteiger partial charge in [-0.3, -0.25) is 4.79 Å². The summed E-state index contributed by atoms with van der Waals surface area (Å²) >= 11 is 0. The van der Waals surface area contributed by atoms with Crippen LogP contribution in [0.2, 0.25) is 0 Å². The smallest absolute Gasteiger partial charge is 0.321 e. The van der Waals surface area contributed by atoms with Crippen molar-refractivity contribution in [3.8, 4) is 0 Å². The lowest BCUT2D eigenvalue weighted by Gasteiger charge is -2.32. The average Bonchev–Trinajstić information content (AvgIpc) is 2.68. The summed E-state index contributed by atoms with van der Waals surface area (Å²) < 4.78 is 26.4. The average molecular weight is 387 g/mol. The molecule has 7 heteroatoms. The zero-order valence-corrected chi connectivity index (χ0v) is 15.5. The van der Waals surface area contributed by atoms with Crippen LogP contribution >= 0.6 is 0 Å². The van der Waals surface area contributed by atoms with Gasteiger partial charge in [-0.15, -0.1) is 0 Å². The summed E-state index contributed by atoms with van der Waals surface area (Å²) in [6, 6.07) is 12.3. The highest BCUT2D eigenvalue weighted by molar-refractivity contribution is 5.90. The van der Waals surface area contributed by atoms with E-state index in [1.807, 2.05) is 18.2 Å². The molecule has 0 aliphatic carbocycles. The maximum atomic E-state index is 13.2. The van der Waals surface area contributed by atoms with Crippen LogP contribution in [-0.2, 0) is 11.2 Å². The summed E-state index contributed by atoms with van der Waals surface area (Å²) in [5, 5.41) is 5.64. The second-order valence-electron chi connectivity index (χ2n) is 6.90. The molecule has 1 saturated heterocycles. The normalized spacial score (nSPS) is 16.5. The van der Waals surface area contributed by atoms with Gasteiger partial charge in [0.15, 0.2) is 0 Å². The van der Waals surface area contributed by atoms with Gasteiger partial charge in [0.25, 0.3) is 0 Å². The highest BCUT2D eigenvalue weighted by Gasteiger charge is 2.28. The number of anilines is 1. The van der Waals surface area contributed by atoms with Gasteiger partial charge in [-0.2, -0.15) is 0 Å². The lowest BCUT2D eigenvalue weighted by Crippen LogP contribution is -2.47. The lowest BCUT2D eigenvalue weighted by atomic mass is 9.97. The van der Waals surface area contributed by atoms with Gasteiger partial charge in [0.05, 0.1) is 5.92 Å². The topological polar surface area (TPSA) is 61.4 Å². The maximum absolute atomic E-state index is 13.2. The van der Waals surface area contributed by atoms with E-state index in [1.54, 1.807) is 17.0 Å². The molecule has 0 radical (unpaired) electrons. The van der Waals surface area contributed by atoms with Crippen LogP contribution in [0.4, 0.5) is 19.3 Å². The van der Waals surface area contributed by atoms with E-state index in [4.69, 9.17) is 0 Å². The Morgan fingerprint density at radius 1 is 1.07 bits per heavy atom. The molecule has 2 aromatic carbocycles. The molecule has 0 aromatic heterocycles. The minimum absolute atomic E-state index is 0.144. The standard InChI is InChI=1S/C21H23F2N3O2/c22-17-11-15(12-18(23)13-17)8-9-24-20(27)16-5-4-10-26(14-16)21(28)25-19-6-2-1-3-7-19/h1-3,6-7,11-13,16H,4-5,8-10,14H2,(H,24,27)(H,25,28). The third-order valence-electron chi connectivity index (χ3n) is 4.74. The van der Waals surface area contributed by atoms with Crippen molar-refractivity contribution in [1.29, 1.82) is 0 Å². The summed E-state index contributed by atoms with van der Waals surface area (Å²) in [5.41, 5.74) is 1.20. The van der Waals surface area contributed by atoms with Crippen LogP contribution in [0.3, 0.4) is 0 Å². The van der Waals surface area contributed by atoms with E-state index in [0.717, 1.165) is 12.5 Å². The molecule has 1 atom stereocenters. The van der Waals surface area contributed by atoms with Crippen LogP contribution in [0.15, 0.2) is 48.5 Å². The molecule has 2 N–H and O–H groups in total. The molecule has 1 unspecified atom stereocenters. The number of carbonyl (C=O) groups is 2. The first-order valence-corrected chi connectivity index (χ1v) is 9.35. The fourth-order valence-electron chi connectivity index (χ4n) is 3.33. The number of nitrogens with one attached hydrogen (secondary N) is 2. The molecule has 5 nitrogen and oxygen atoms in total. The summed E-state index contributed by atoms with van der Waals surface area (Å²) in [5.74, 6) is -1.70. The van der Waals surface area contributed by atoms with E-state index >= 15 is 0 Å². The fourth-order valence-corrected chi connectivity index (χ4v) is 3.33. The number of nitrogens with zero attached hydrogens (tertiary/aromatic N) is 1. The largest absolute Gasteiger partial charge is 0.355 e. The van der Waals surface area contributed by atoms with E-state index in [2.05, 4.69) is 10.6 Å². The van der Waals surface area contributed by atoms with Gasteiger partial charge >= 0.3 is 6.03 Å². The Kier molecular flexibility index (Phi) is 6.57. The van der Waals surface area contributed by atoms with Crippen molar-refractivity contribution in [2.75, 3.05) is 25.0 Å². The summed E-state index contributed by atoms with van der Waals surface area (Å²) in [6.45, 7) is 1.23. The van der Waals surface area contributed by atoms with Crippen LogP contribution in [-0.4, -0.2) is 36.5 Å². The van der Waals surface area contributed by atoms with Gasteiger partial charge in [0.1, 0.15) is 11.6 Å². The van der Waals surface area contributed by atoms with Crippen molar-refractivity contribution in [1.82, 2.24) is 10.2 Å². The van der Waals surface area contributed by atoms with Gasteiger partial charge in [-0.25, -0.2) is 13.6 Å². The van der Waals surface area contributed by atoms with Crippen LogP contribution < -0.4 is 10.6 Å². The van der Waals surface area contributed by atoms with Crippen molar-refractivity contribution in [2.24, 2.45) is 5.92 Å². The van der Waals surface area contributed by atoms with Crippen molar-refractivity contribution < 1.29 is 18.4 Å². The number of benzene rings is 2. The monoisotopic (exact) mass is 387 g/mol. The van der Waals surface area contributed by atoms with E-state index in [-0.39, 0.29) is 24.4 Å². The van der Waals surface area contributed by atoms with Gasteiger partial charge in [-0.05, 0) is 49.1 Å². The first kappa shape index (κ1) is 19.8. The minimum Gasteiger partial charge on any atom is -0.355 e. The van der Waals surface area contributed by atoms with E-state index in [9.17, 15) is 18.4 Å². The Hall–Kier alpha value is -2.96. The number of hydrogen-bond donors (Lipinski definition) is 2. The molecule has 0 bridgehead atoms. The Bertz CT molecular complexity index is 809. The molecule has 2 aromatic rings. The number of para-hydroxylation sites is 1. The molecule has 1 heterocycles. The van der Waals surface area contributed by atoms with Crippen molar-refractivity contribution in [2.45, 2.75) is 19.3 Å². The molecule has 1 aliphatic rings. The molecule has 1 aliphatic heterocycles. The molecule has 3 amide bonds. The number of halogens is 2. The molecule has 0 spiro atoms. The van der Waals surface area contributed by atoms with E-state index in [1.165, 1.54) is 12.1 Å². The van der Waals surface area contributed by atoms with Crippen LogP contribution in [0, 0.1) is 17.6 Å². The zero-order chi connectivity index (χ0) is 19.9. The molecular formula is C21H23F2N3O2. The second kappa shape index (κ2) is 9.30. The summed E-state index contributed by atoms with van der Waals surface area (Å²) in [6.07, 6.45) is 1.79. The SMILES string of the molecule is O=C(NCCc1cc(F)cc(F)c1)C1CCCN(C(=O)Nc2ccccc2)C1. The molecule has 148 valence electrons. The molecule has 0 saturated carbocycles. The van der Waals surface area contributed by atoms with Crippen LogP contribution in [0.5, 0.6) is 0 Å². The number of carbonyl (C=O) groups excluding carboxylic acids is 2. The number of hydrogen-bond acceptors (Lipinski definition) is 2. The summed E-state index contributed by atoms with van der Waals surface area (Å²) in [7, 11) is 0. The van der Waals surface area contributed by atoms with Crippen molar-refractivity contribution in [3.05, 3.63) is 65.7 Å². The number of amides is 3. The number of urea groups is 1. The fraction of sp³-hybridized carbons (Fsp3) is 0.333. The highest BCUT2D eigenvalue weighted by atomic mass is 19.1. The maximum Gasteiger partial charge on any atom is 0.321 e. The van der Waals surface area contributed by atoms with E-state index in [0.29, 0.717) is 37.2 Å². The molecule has 3 rings (SSSR count). The Morgan fingerprint density at radius 2 is 1.79 bits per heavy atom. The van der Waals surface area contributed by atoms with Crippen LogP contribution in [0.1, 0.15) is 18.4 Å². The Balaban J connectivity index is 1.47. The first-order valence-electron chi connectivity index (χ1n) is 9.35. The van der Waals surface area contributed by atoms with Gasteiger partial charge in [-0.1, -0.05) is 18.2 Å². The molecule has 1 fully saturated rings.